The van der Waals surface area contributed by atoms with Gasteiger partial charge in [-0.3, -0.25) is 0 Å². The van der Waals surface area contributed by atoms with Crippen molar-refractivity contribution in [3.63, 3.8) is 0 Å². The first-order valence-electron chi connectivity index (χ1n) is 22.0. The van der Waals surface area contributed by atoms with Crippen LogP contribution < -0.4 is 10.5 Å². The molecule has 0 radical (unpaired) electrons. The number of allylic oxidation sites excluding steroid dienone is 2. The molecule has 2 unspecified atom stereocenters. The summed E-state index contributed by atoms with van der Waals surface area (Å²) in [5, 5.41) is 6.64. The Morgan fingerprint density at radius 1 is 0.516 bits per heavy atom. The predicted molar refractivity (Wildman–Crippen MR) is 260 cm³/mol. The molecule has 0 spiro atoms. The summed E-state index contributed by atoms with van der Waals surface area (Å²) in [4.78, 5) is 28.0. The molecule has 8 heteroatoms. The predicted octanol–water partition coefficient (Wildman–Crippen LogP) is 14.2. The molecule has 0 bridgehead atoms. The van der Waals surface area contributed by atoms with Crippen molar-refractivity contribution in [2.45, 2.75) is 73.6 Å². The summed E-state index contributed by atoms with van der Waals surface area (Å²) in [5.41, 5.74) is 15.1. The summed E-state index contributed by atoms with van der Waals surface area (Å²) < 4.78 is -2.21. The Hall–Kier alpha value is -4.74. The van der Waals surface area contributed by atoms with E-state index in [2.05, 4.69) is 159 Å². The number of hydrogen-bond donors (Lipinski definition) is 2. The van der Waals surface area contributed by atoms with Crippen LogP contribution in [0.25, 0.3) is 45.6 Å². The van der Waals surface area contributed by atoms with Gasteiger partial charge >= 0.3 is 379 Å². The summed E-state index contributed by atoms with van der Waals surface area (Å²) in [5.74, 6) is 0.0953. The summed E-state index contributed by atoms with van der Waals surface area (Å²) in [7, 11) is 18.3. The molecule has 2 aliphatic carbocycles. The second-order valence-corrected chi connectivity index (χ2v) is 47.8. The van der Waals surface area contributed by atoms with Gasteiger partial charge in [0, 0.05) is 0 Å². The third kappa shape index (κ3) is 7.71. The number of amides is 2. The Morgan fingerprint density at radius 2 is 0.871 bits per heavy atom. The molecule has 8 rings (SSSR count). The van der Waals surface area contributed by atoms with Crippen molar-refractivity contribution in [2.24, 2.45) is 0 Å². The first-order valence-corrected chi connectivity index (χ1v) is 37.1. The molecule has 6 aromatic rings. The number of fused-ring (bicyclic) bond motifs is 2. The van der Waals surface area contributed by atoms with E-state index in [4.69, 9.17) is 17.2 Å². The summed E-state index contributed by atoms with van der Waals surface area (Å²) >= 11 is -6.53. The number of nitrogens with one attached hydrogen (secondary N) is 2. The van der Waals surface area contributed by atoms with Crippen LogP contribution in [-0.2, 0) is 25.5 Å². The third-order valence-electron chi connectivity index (χ3n) is 13.0. The van der Waals surface area contributed by atoms with E-state index in [1.807, 2.05) is 50.2 Å². The van der Waals surface area contributed by atoms with Gasteiger partial charge in [-0.2, -0.15) is 0 Å². The van der Waals surface area contributed by atoms with Crippen molar-refractivity contribution in [1.29, 1.82) is 0 Å². The molecule has 2 aliphatic rings. The maximum atomic E-state index is 14.0. The SMILES string of the molecule is CCC(=O)N[B](NC(=O)CC)[Hf]([Cl])([Cl])([CH]1C(c2ccccc2)=Cc2c(-c3ccccc3C(C)C)cccc21)[CH]1C(c2ccccc2)=Cc2c(-c3ccccc3C(C)C)cccc21. The maximum absolute atomic E-state index is 14.0. The van der Waals surface area contributed by atoms with Gasteiger partial charge in [0.2, 0.25) is 0 Å². The van der Waals surface area contributed by atoms with Crippen LogP contribution in [0.1, 0.15) is 118 Å². The zero-order chi connectivity index (χ0) is 43.8. The zero-order valence-corrected chi connectivity index (χ0v) is 41.5. The molecule has 0 saturated heterocycles. The summed E-state index contributed by atoms with van der Waals surface area (Å²) in [6.45, 7) is 12.5. The van der Waals surface area contributed by atoms with Gasteiger partial charge in [0.15, 0.2) is 0 Å². The molecule has 2 atom stereocenters. The van der Waals surface area contributed by atoms with E-state index in [0.29, 0.717) is 0 Å². The molecule has 2 amide bonds. The van der Waals surface area contributed by atoms with Crippen molar-refractivity contribution in [2.75, 3.05) is 0 Å². The first-order chi connectivity index (χ1) is 29.9. The van der Waals surface area contributed by atoms with E-state index in [0.717, 1.165) is 66.8 Å². The molecule has 0 aromatic heterocycles. The number of carbonyl (C=O) groups excluding carboxylic acids is 2. The van der Waals surface area contributed by atoms with Gasteiger partial charge in [-0.05, 0) is 0 Å². The van der Waals surface area contributed by atoms with Crippen molar-refractivity contribution < 1.29 is 25.5 Å². The summed E-state index contributed by atoms with van der Waals surface area (Å²) in [6.07, 6.45) is 4.97. The number of hydrogen-bond acceptors (Lipinski definition) is 2. The van der Waals surface area contributed by atoms with Crippen molar-refractivity contribution in [3.05, 3.63) is 190 Å². The van der Waals surface area contributed by atoms with Crippen LogP contribution in [0.3, 0.4) is 0 Å². The fourth-order valence-corrected chi connectivity index (χ4v) is 38.4. The van der Waals surface area contributed by atoms with Crippen molar-refractivity contribution >= 4 is 56.8 Å². The second-order valence-electron chi connectivity index (χ2n) is 17.4. The molecule has 0 fully saturated rings. The summed E-state index contributed by atoms with van der Waals surface area (Å²) in [6, 6.07) is 50.9. The van der Waals surface area contributed by atoms with E-state index in [-0.39, 0.29) is 36.5 Å². The first kappa shape index (κ1) is 43.9. The Balaban J connectivity index is 1.51. The number of rotatable bonds is 13. The topological polar surface area (TPSA) is 58.2 Å². The van der Waals surface area contributed by atoms with Crippen LogP contribution in [0.4, 0.5) is 0 Å². The van der Waals surface area contributed by atoms with Gasteiger partial charge in [-0.1, -0.05) is 0 Å². The van der Waals surface area contributed by atoms with Gasteiger partial charge in [0.1, 0.15) is 0 Å². The van der Waals surface area contributed by atoms with Crippen LogP contribution in [0, 0.1) is 0 Å². The van der Waals surface area contributed by atoms with Crippen LogP contribution in [0.2, 0.25) is 0 Å². The van der Waals surface area contributed by atoms with Crippen LogP contribution in [0.15, 0.2) is 146 Å². The molecule has 0 saturated carbocycles. The van der Waals surface area contributed by atoms with Gasteiger partial charge < -0.3 is 0 Å². The van der Waals surface area contributed by atoms with E-state index in [9.17, 15) is 9.59 Å². The van der Waals surface area contributed by atoms with Crippen LogP contribution >= 0.6 is 17.2 Å². The quantitative estimate of drug-likeness (QED) is 0.113. The average molecular weight is 1020 g/mol. The molecule has 6 aromatic carbocycles. The zero-order valence-electron chi connectivity index (χ0n) is 36.4. The molecule has 0 heterocycles. The Kier molecular flexibility index (Phi) is 12.6. The fraction of sp³-hybridized carbons (Fsp3) is 0.222. The van der Waals surface area contributed by atoms with Crippen LogP contribution in [-0.4, -0.2) is 16.4 Å². The van der Waals surface area contributed by atoms with Gasteiger partial charge in [-0.15, -0.1) is 0 Å². The van der Waals surface area contributed by atoms with E-state index in [1.165, 1.54) is 11.1 Å². The second kappa shape index (κ2) is 17.8. The van der Waals surface area contributed by atoms with E-state index >= 15 is 0 Å². The Labute approximate surface area is 376 Å². The normalized spacial score (nSPS) is 16.2. The minimum absolute atomic E-state index is 0.191. The number of carbonyl (C=O) groups is 2. The van der Waals surface area contributed by atoms with Crippen LogP contribution in [0.5, 0.6) is 0 Å². The molecule has 0 aliphatic heterocycles. The van der Waals surface area contributed by atoms with E-state index < -0.39 is 27.8 Å². The third-order valence-corrected chi connectivity index (χ3v) is 41.1. The van der Waals surface area contributed by atoms with Gasteiger partial charge in [0.05, 0.1) is 0 Å². The standard InChI is InChI=1S/2C24H21.C6H11BN2O2.2ClH.Hf/c2*1-17(2)21-12-6-7-13-22(21)23-14-8-11-19-15-20(16-24(19)23)18-9-4-3-5-10-18;1-3-5(10)8-7-9-6(11)4-2;;;/h2*3-17H,1-2H3;3-4H2,1-2H3,(H-,8,9,10,11);2*1H;/q;;;;;+1/p-1. The number of halogens is 2. The average Bonchev–Trinajstić information content (AvgIpc) is 3.91. The fourth-order valence-electron chi connectivity index (χ4n) is 10.1. The molecule has 2 N–H and O–H groups in total. The molecular formula is C54H54BCl2HfN2O2. The van der Waals surface area contributed by atoms with Crippen molar-refractivity contribution in [1.82, 2.24) is 10.5 Å². The monoisotopic (exact) mass is 1020 g/mol. The number of benzene rings is 6. The molecule has 62 heavy (non-hydrogen) atoms. The van der Waals surface area contributed by atoms with E-state index in [1.54, 1.807) is 0 Å². The van der Waals surface area contributed by atoms with Gasteiger partial charge in [-0.25, -0.2) is 0 Å². The van der Waals surface area contributed by atoms with Crippen molar-refractivity contribution in [3.8, 4) is 22.3 Å². The molecule has 4 nitrogen and oxygen atoms in total. The Bertz CT molecular complexity index is 2550. The molecule has 313 valence electrons. The minimum atomic E-state index is -6.53. The Morgan fingerprint density at radius 3 is 1.24 bits per heavy atom. The van der Waals surface area contributed by atoms with Gasteiger partial charge in [0.25, 0.3) is 0 Å². The molecular weight excluding hydrogens is 969 g/mol.